The molecule has 0 unspecified atom stereocenters. The van der Waals surface area contributed by atoms with Crippen molar-refractivity contribution >= 4 is 17.5 Å². The molecular weight excluding hydrogens is 503 g/mol. The normalized spacial score (nSPS) is 12.5. The van der Waals surface area contributed by atoms with Gasteiger partial charge in [0, 0.05) is 17.6 Å². The molecule has 10 nitrogen and oxygen atoms in total. The summed E-state index contributed by atoms with van der Waals surface area (Å²) in [6.07, 6.45) is -6.37. The molecule has 4 rings (SSSR count). The molecule has 2 aromatic carbocycles. The molecule has 14 heteroatoms. The fourth-order valence-corrected chi connectivity index (χ4v) is 3.54. The van der Waals surface area contributed by atoms with Crippen molar-refractivity contribution in [3.8, 4) is 17.1 Å². The van der Waals surface area contributed by atoms with Crippen LogP contribution in [-0.4, -0.2) is 59.5 Å². The molecule has 0 saturated heterocycles. The zero-order valence-corrected chi connectivity index (χ0v) is 19.4. The number of rotatable bonds is 7. The van der Waals surface area contributed by atoms with Crippen LogP contribution in [0.2, 0.25) is 5.02 Å². The average molecular weight is 522 g/mol. The first kappa shape index (κ1) is 25.1. The molecule has 36 heavy (non-hydrogen) atoms. The van der Waals surface area contributed by atoms with Crippen LogP contribution < -0.4 is 11.0 Å². The van der Waals surface area contributed by atoms with E-state index in [2.05, 4.69) is 20.5 Å². The molecule has 0 aliphatic carbocycles. The van der Waals surface area contributed by atoms with Crippen molar-refractivity contribution in [1.29, 1.82) is 0 Å². The van der Waals surface area contributed by atoms with Crippen LogP contribution in [0.25, 0.3) is 17.1 Å². The molecule has 1 atom stereocenters. The van der Waals surface area contributed by atoms with Crippen LogP contribution >= 0.6 is 11.6 Å². The van der Waals surface area contributed by atoms with Crippen LogP contribution in [0.3, 0.4) is 0 Å². The van der Waals surface area contributed by atoms with Crippen LogP contribution in [0.1, 0.15) is 16.2 Å². The zero-order valence-electron chi connectivity index (χ0n) is 18.6. The number of aliphatic hydroxyl groups excluding tert-OH is 1. The second-order valence-electron chi connectivity index (χ2n) is 7.64. The largest absolute Gasteiger partial charge is 0.416 e. The molecule has 2 aromatic heterocycles. The van der Waals surface area contributed by atoms with Gasteiger partial charge in [-0.05, 0) is 36.4 Å². The maximum atomic E-state index is 13.0. The molecule has 1 amide bonds. The number of carbonyl (C=O) groups excluding carboxylic acids is 1. The summed E-state index contributed by atoms with van der Waals surface area (Å²) in [5, 5.41) is 21.0. The molecule has 188 valence electrons. The maximum Gasteiger partial charge on any atom is 0.416 e. The predicted molar refractivity (Wildman–Crippen MR) is 123 cm³/mol. The number of amides is 1. The second kappa shape index (κ2) is 9.95. The van der Waals surface area contributed by atoms with E-state index in [1.807, 2.05) is 0 Å². The highest BCUT2D eigenvalue weighted by molar-refractivity contribution is 6.30. The van der Waals surface area contributed by atoms with E-state index in [-0.39, 0.29) is 24.1 Å². The van der Waals surface area contributed by atoms with Gasteiger partial charge in [-0.1, -0.05) is 23.7 Å². The Balaban J connectivity index is 1.70. The van der Waals surface area contributed by atoms with Crippen molar-refractivity contribution in [1.82, 2.24) is 34.4 Å². The Kier molecular flexibility index (Phi) is 6.95. The van der Waals surface area contributed by atoms with E-state index >= 15 is 0 Å². The molecule has 0 fully saturated rings. The lowest BCUT2D eigenvalue weighted by molar-refractivity contribution is -0.207. The Morgan fingerprint density at radius 2 is 1.83 bits per heavy atom. The van der Waals surface area contributed by atoms with Gasteiger partial charge >= 0.3 is 11.9 Å². The zero-order chi connectivity index (χ0) is 26.0. The van der Waals surface area contributed by atoms with Gasteiger partial charge in [-0.15, -0.1) is 10.2 Å². The van der Waals surface area contributed by atoms with E-state index in [0.29, 0.717) is 21.8 Å². The number of carbonyl (C=O) groups is 1. The molecule has 4 aromatic rings. The van der Waals surface area contributed by atoms with E-state index < -0.39 is 24.5 Å². The third-order valence-electron chi connectivity index (χ3n) is 5.21. The van der Waals surface area contributed by atoms with E-state index in [9.17, 15) is 27.9 Å². The van der Waals surface area contributed by atoms with E-state index in [0.717, 1.165) is 9.25 Å². The second-order valence-corrected chi connectivity index (χ2v) is 8.08. The van der Waals surface area contributed by atoms with Gasteiger partial charge in [0.05, 0.1) is 17.8 Å². The van der Waals surface area contributed by atoms with Crippen molar-refractivity contribution in [2.75, 3.05) is 7.05 Å². The van der Waals surface area contributed by atoms with Crippen molar-refractivity contribution < 1.29 is 23.1 Å². The Labute approximate surface area is 206 Å². The fraction of sp³-hybridized carbons (Fsp3) is 0.227. The molecule has 0 aliphatic heterocycles. The quantitative estimate of drug-likeness (QED) is 0.385. The number of benzene rings is 2. The molecular formula is C22H19ClF3N7O3. The topological polar surface area (TPSA) is 120 Å². The first-order valence-corrected chi connectivity index (χ1v) is 10.9. The number of hydrogen-bond acceptors (Lipinski definition) is 6. The number of nitrogens with one attached hydrogen (secondary N) is 1. The molecule has 0 spiro atoms. The molecule has 0 radical (unpaired) electrons. The van der Waals surface area contributed by atoms with Gasteiger partial charge in [0.1, 0.15) is 12.9 Å². The van der Waals surface area contributed by atoms with Crippen molar-refractivity contribution in [2.24, 2.45) is 0 Å². The van der Waals surface area contributed by atoms with Gasteiger partial charge < -0.3 is 10.4 Å². The Morgan fingerprint density at radius 1 is 1.14 bits per heavy atom. The number of para-hydroxylation sites is 1. The summed E-state index contributed by atoms with van der Waals surface area (Å²) in [5.41, 5.74) is 0.195. The van der Waals surface area contributed by atoms with Gasteiger partial charge in [-0.25, -0.2) is 19.1 Å². The number of nitrogens with zero attached hydrogens (tertiary/aromatic N) is 6. The van der Waals surface area contributed by atoms with Crippen LogP contribution in [0.15, 0.2) is 59.7 Å². The number of alkyl halides is 3. The average Bonchev–Trinajstić information content (AvgIpc) is 3.44. The standard InChI is InChI=1S/C22H19ClF3N7O3/c1-27-20(35)15-4-2-3-5-16(15)33-12-28-18(29-33)11-32-21(36)31(10-17(34)22(24,25)26)19(30-32)13-6-8-14(23)9-7-13/h2-9,12,17,34H,10-11H2,1H3,(H,27,35)/t17-/m0/s1. The number of hydrogen-bond donors (Lipinski definition) is 2. The SMILES string of the molecule is CNC(=O)c1ccccc1-n1cnc(Cn2nc(-c3ccc(Cl)cc3)n(C[C@H](O)C(F)(F)F)c2=O)n1. The highest BCUT2D eigenvalue weighted by Crippen LogP contribution is 2.24. The van der Waals surface area contributed by atoms with Crippen LogP contribution in [0.5, 0.6) is 0 Å². The molecule has 0 aliphatic rings. The van der Waals surface area contributed by atoms with E-state index in [1.54, 1.807) is 24.3 Å². The third-order valence-corrected chi connectivity index (χ3v) is 5.46. The van der Waals surface area contributed by atoms with Gasteiger partial charge in [0.25, 0.3) is 5.91 Å². The van der Waals surface area contributed by atoms with Gasteiger partial charge in [-0.2, -0.15) is 13.2 Å². The molecule has 0 saturated carbocycles. The van der Waals surface area contributed by atoms with Gasteiger partial charge in [0.2, 0.25) is 0 Å². The smallest absolute Gasteiger partial charge is 0.382 e. The van der Waals surface area contributed by atoms with Crippen molar-refractivity contribution in [3.05, 3.63) is 81.8 Å². The Hall–Kier alpha value is -3.97. The van der Waals surface area contributed by atoms with Crippen molar-refractivity contribution in [2.45, 2.75) is 25.4 Å². The maximum absolute atomic E-state index is 13.0. The Bertz CT molecular complexity index is 1440. The summed E-state index contributed by atoms with van der Waals surface area (Å²) in [6, 6.07) is 12.6. The predicted octanol–water partition coefficient (Wildman–Crippen LogP) is 2.28. The minimum absolute atomic E-state index is 0.0932. The summed E-state index contributed by atoms with van der Waals surface area (Å²) in [7, 11) is 1.49. The van der Waals surface area contributed by atoms with Crippen molar-refractivity contribution in [3.63, 3.8) is 0 Å². The lowest BCUT2D eigenvalue weighted by atomic mass is 10.1. The first-order valence-electron chi connectivity index (χ1n) is 10.5. The monoisotopic (exact) mass is 521 g/mol. The Morgan fingerprint density at radius 3 is 2.50 bits per heavy atom. The highest BCUT2D eigenvalue weighted by Gasteiger charge is 2.39. The lowest BCUT2D eigenvalue weighted by Gasteiger charge is -2.15. The lowest BCUT2D eigenvalue weighted by Crippen LogP contribution is -2.37. The summed E-state index contributed by atoms with van der Waals surface area (Å²) in [6.45, 7) is -1.33. The first-order chi connectivity index (χ1) is 17.1. The number of aliphatic hydroxyl groups is 1. The summed E-state index contributed by atoms with van der Waals surface area (Å²) in [5.74, 6) is -0.315. The fourth-order valence-electron chi connectivity index (χ4n) is 3.42. The van der Waals surface area contributed by atoms with Crippen LogP contribution in [0, 0.1) is 0 Å². The summed E-state index contributed by atoms with van der Waals surface area (Å²) in [4.78, 5) is 29.3. The number of aromatic nitrogens is 6. The highest BCUT2D eigenvalue weighted by atomic mass is 35.5. The molecule has 2 heterocycles. The van der Waals surface area contributed by atoms with Gasteiger partial charge in [-0.3, -0.25) is 9.36 Å². The summed E-state index contributed by atoms with van der Waals surface area (Å²) >= 11 is 5.89. The van der Waals surface area contributed by atoms with E-state index in [4.69, 9.17) is 11.6 Å². The van der Waals surface area contributed by atoms with Crippen LogP contribution in [-0.2, 0) is 13.1 Å². The van der Waals surface area contributed by atoms with E-state index in [1.165, 1.54) is 42.3 Å². The third kappa shape index (κ3) is 5.16. The number of halogens is 4. The van der Waals surface area contributed by atoms with Crippen LogP contribution in [0.4, 0.5) is 13.2 Å². The summed E-state index contributed by atoms with van der Waals surface area (Å²) < 4.78 is 42.1. The minimum atomic E-state index is -4.93. The molecule has 2 N–H and O–H groups in total. The molecule has 0 bridgehead atoms. The van der Waals surface area contributed by atoms with Gasteiger partial charge in [0.15, 0.2) is 17.8 Å². The minimum Gasteiger partial charge on any atom is -0.382 e.